The van der Waals surface area contributed by atoms with Gasteiger partial charge >= 0.3 is 6.09 Å². The van der Waals surface area contributed by atoms with Crippen LogP contribution in [0.3, 0.4) is 0 Å². The Hall–Kier alpha value is -2.23. The van der Waals surface area contributed by atoms with Gasteiger partial charge in [-0.1, -0.05) is 11.8 Å². The lowest BCUT2D eigenvalue weighted by Gasteiger charge is -2.45. The zero-order valence-electron chi connectivity index (χ0n) is 12.9. The summed E-state index contributed by atoms with van der Waals surface area (Å²) in [6.07, 6.45) is -1.92. The molecule has 1 heterocycles. The summed E-state index contributed by atoms with van der Waals surface area (Å²) in [6, 6.07) is 3.18. The number of carbonyl (C=O) groups is 1. The number of nitrogens with zero attached hydrogens (tertiary/aromatic N) is 2. The highest BCUT2D eigenvalue weighted by molar-refractivity contribution is 8.13. The van der Waals surface area contributed by atoms with Crippen molar-refractivity contribution in [3.63, 3.8) is 0 Å². The number of rotatable bonds is 2. The Morgan fingerprint density at radius 1 is 1.52 bits per heavy atom. The number of thioether (sulfide) groups is 1. The molecule has 25 heavy (non-hydrogen) atoms. The maximum Gasteiger partial charge on any atom is 0.410 e. The number of fused-ring (bicyclic) bond motifs is 1. The van der Waals surface area contributed by atoms with Crippen LogP contribution in [0.15, 0.2) is 23.2 Å². The fraction of sp³-hybridized carbons (Fsp3) is 0.467. The first-order valence-corrected chi connectivity index (χ1v) is 8.61. The van der Waals surface area contributed by atoms with Gasteiger partial charge in [-0.3, -0.25) is 20.4 Å². The lowest BCUT2D eigenvalue weighted by molar-refractivity contribution is -0.385. The molecular weight excluding hydrogens is 356 g/mol. The largest absolute Gasteiger partial charge is 0.465 e. The van der Waals surface area contributed by atoms with E-state index in [-0.39, 0.29) is 41.6 Å². The van der Waals surface area contributed by atoms with Gasteiger partial charge in [0, 0.05) is 29.4 Å². The monoisotopic (exact) mass is 371 g/mol. The molecule has 0 aromatic heterocycles. The van der Waals surface area contributed by atoms with E-state index in [9.17, 15) is 23.7 Å². The fourth-order valence-electron chi connectivity index (χ4n) is 3.48. The third-order valence-corrected chi connectivity index (χ3v) is 5.65. The summed E-state index contributed by atoms with van der Waals surface area (Å²) >= 11 is 1.12. The van der Waals surface area contributed by atoms with Crippen LogP contribution in [0.5, 0.6) is 0 Å². The molecule has 134 valence electrons. The number of halogens is 2. The molecule has 1 saturated carbocycles. The average Bonchev–Trinajstić information content (AvgIpc) is 2.54. The predicted octanol–water partition coefficient (Wildman–Crippen LogP) is 3.44. The van der Waals surface area contributed by atoms with Crippen LogP contribution in [0.4, 0.5) is 19.3 Å². The molecule has 0 bridgehead atoms. The van der Waals surface area contributed by atoms with Crippen molar-refractivity contribution in [2.45, 2.75) is 31.0 Å². The molecule has 0 saturated heterocycles. The van der Waals surface area contributed by atoms with Gasteiger partial charge in [0.15, 0.2) is 5.17 Å². The van der Waals surface area contributed by atoms with Crippen LogP contribution in [0.25, 0.3) is 0 Å². The minimum atomic E-state index is -1.31. The molecule has 0 radical (unpaired) electrons. The van der Waals surface area contributed by atoms with E-state index in [0.717, 1.165) is 30.0 Å². The van der Waals surface area contributed by atoms with E-state index < -0.39 is 28.5 Å². The van der Waals surface area contributed by atoms with Crippen molar-refractivity contribution in [2.75, 3.05) is 5.75 Å². The lowest BCUT2D eigenvalue weighted by atomic mass is 9.69. The van der Waals surface area contributed by atoms with E-state index in [1.54, 1.807) is 0 Å². The summed E-state index contributed by atoms with van der Waals surface area (Å²) in [5, 5.41) is 22.2. The number of amides is 1. The molecule has 1 aliphatic carbocycles. The molecule has 10 heteroatoms. The number of nitro groups is 1. The van der Waals surface area contributed by atoms with Crippen LogP contribution in [0, 0.1) is 21.8 Å². The summed E-state index contributed by atoms with van der Waals surface area (Å²) in [5.74, 6) is -0.697. The van der Waals surface area contributed by atoms with Crippen molar-refractivity contribution in [2.24, 2.45) is 10.9 Å². The summed E-state index contributed by atoms with van der Waals surface area (Å²) in [6.45, 7) is 0. The van der Waals surface area contributed by atoms with Gasteiger partial charge in [-0.05, 0) is 25.3 Å². The van der Waals surface area contributed by atoms with Gasteiger partial charge in [0.25, 0.3) is 5.69 Å². The first-order valence-electron chi connectivity index (χ1n) is 7.63. The topological polar surface area (TPSA) is 105 Å². The second-order valence-electron chi connectivity index (χ2n) is 6.07. The Kier molecular flexibility index (Phi) is 4.63. The standard InChI is InChI=1S/C15H15F2N3O4S/c16-9-3-4-15(11-6-10(20(23)24)1-2-12(11)17)8(5-9)7-25-13(19-15)18-14(21)22/h1-2,6,8-9H,3-5,7H2,(H,18,19)(H,21,22)/t8-,9+,15-/m0/s1. The first-order chi connectivity index (χ1) is 11.8. The second-order valence-corrected chi connectivity index (χ2v) is 7.08. The zero-order valence-corrected chi connectivity index (χ0v) is 13.8. The first kappa shape index (κ1) is 17.6. The van der Waals surface area contributed by atoms with Crippen LogP contribution in [-0.4, -0.2) is 33.2 Å². The van der Waals surface area contributed by atoms with Crippen molar-refractivity contribution in [3.05, 3.63) is 39.7 Å². The summed E-state index contributed by atoms with van der Waals surface area (Å²) in [5.41, 5.74) is -1.47. The molecule has 3 rings (SSSR count). The Balaban J connectivity index is 2.13. The number of alkyl halides is 1. The number of non-ortho nitro benzene ring substituents is 1. The van der Waals surface area contributed by atoms with Crippen LogP contribution >= 0.6 is 11.8 Å². The van der Waals surface area contributed by atoms with Crippen molar-refractivity contribution in [1.29, 1.82) is 0 Å². The van der Waals surface area contributed by atoms with Gasteiger partial charge in [0.1, 0.15) is 12.0 Å². The van der Waals surface area contributed by atoms with E-state index >= 15 is 0 Å². The van der Waals surface area contributed by atoms with Gasteiger partial charge in [0.05, 0.1) is 10.5 Å². The minimum Gasteiger partial charge on any atom is -0.465 e. The number of benzene rings is 1. The molecule has 1 aromatic rings. The van der Waals surface area contributed by atoms with Gasteiger partial charge in [-0.25, -0.2) is 13.6 Å². The quantitative estimate of drug-likeness (QED) is 0.612. The highest BCUT2D eigenvalue weighted by Gasteiger charge is 2.49. The molecule has 0 unspecified atom stereocenters. The third-order valence-electron chi connectivity index (χ3n) is 4.62. The van der Waals surface area contributed by atoms with Gasteiger partial charge in [-0.2, -0.15) is 0 Å². The van der Waals surface area contributed by atoms with E-state index in [0.29, 0.717) is 5.75 Å². The molecule has 2 aliphatic rings. The minimum absolute atomic E-state index is 0.0172. The summed E-state index contributed by atoms with van der Waals surface area (Å²) in [7, 11) is 0. The van der Waals surface area contributed by atoms with Crippen molar-refractivity contribution in [1.82, 2.24) is 5.32 Å². The molecule has 1 amide bonds. The molecule has 1 fully saturated rings. The average molecular weight is 371 g/mol. The van der Waals surface area contributed by atoms with Crippen LogP contribution in [0.1, 0.15) is 24.8 Å². The van der Waals surface area contributed by atoms with E-state index in [2.05, 4.69) is 10.3 Å². The molecule has 3 atom stereocenters. The van der Waals surface area contributed by atoms with Crippen LogP contribution in [0.2, 0.25) is 0 Å². The normalized spacial score (nSPS) is 28.6. The Morgan fingerprint density at radius 2 is 2.28 bits per heavy atom. The van der Waals surface area contributed by atoms with E-state index in [1.165, 1.54) is 0 Å². The number of hydrogen-bond acceptors (Lipinski definition) is 5. The molecular formula is C15H15F2N3O4S. The number of aliphatic imine (C=N–C) groups is 1. The highest BCUT2D eigenvalue weighted by atomic mass is 32.2. The molecule has 0 spiro atoms. The maximum atomic E-state index is 14.5. The summed E-state index contributed by atoms with van der Waals surface area (Å²) in [4.78, 5) is 25.7. The van der Waals surface area contributed by atoms with Gasteiger partial charge < -0.3 is 5.11 Å². The van der Waals surface area contributed by atoms with Crippen molar-refractivity contribution >= 4 is 28.7 Å². The third kappa shape index (κ3) is 3.30. The number of amidine groups is 1. The number of nitrogens with one attached hydrogen (secondary N) is 1. The summed E-state index contributed by atoms with van der Waals surface area (Å²) < 4.78 is 28.4. The lowest BCUT2D eigenvalue weighted by Crippen LogP contribution is -2.46. The SMILES string of the molecule is O=C(O)NC1=N[C@@]2(c3cc([N+](=O)[O-])ccc3F)CC[C@@H](F)C[C@H]2CS1. The van der Waals surface area contributed by atoms with E-state index in [1.807, 2.05) is 0 Å². The van der Waals surface area contributed by atoms with Gasteiger partial charge in [-0.15, -0.1) is 0 Å². The molecule has 2 N–H and O–H groups in total. The smallest absolute Gasteiger partial charge is 0.410 e. The fourth-order valence-corrected chi connectivity index (χ4v) is 4.64. The van der Waals surface area contributed by atoms with Crippen LogP contribution < -0.4 is 5.32 Å². The highest BCUT2D eigenvalue weighted by Crippen LogP contribution is 2.50. The van der Waals surface area contributed by atoms with Crippen molar-refractivity contribution < 1.29 is 23.6 Å². The van der Waals surface area contributed by atoms with E-state index in [4.69, 9.17) is 5.11 Å². The molecule has 1 aromatic carbocycles. The number of hydrogen-bond donors (Lipinski definition) is 2. The second kappa shape index (κ2) is 6.58. The molecule has 1 aliphatic heterocycles. The Morgan fingerprint density at radius 3 is 2.96 bits per heavy atom. The molecule has 7 nitrogen and oxygen atoms in total. The number of nitro benzene ring substituents is 1. The Bertz CT molecular complexity index is 760. The van der Waals surface area contributed by atoms with Gasteiger partial charge in [0.2, 0.25) is 0 Å². The van der Waals surface area contributed by atoms with Crippen LogP contribution in [-0.2, 0) is 5.54 Å². The zero-order chi connectivity index (χ0) is 18.2. The predicted molar refractivity (Wildman–Crippen MR) is 88.0 cm³/mol. The maximum absolute atomic E-state index is 14.5. The number of carboxylic acid groups (broad SMARTS) is 1. The Labute approximate surface area is 145 Å². The van der Waals surface area contributed by atoms with Crippen molar-refractivity contribution in [3.8, 4) is 0 Å².